The molecule has 28 heavy (non-hydrogen) atoms. The van der Waals surface area contributed by atoms with Gasteiger partial charge < -0.3 is 10.6 Å². The first-order valence-corrected chi connectivity index (χ1v) is 9.34. The summed E-state index contributed by atoms with van der Waals surface area (Å²) in [7, 11) is 0. The zero-order valence-corrected chi connectivity index (χ0v) is 16.3. The van der Waals surface area contributed by atoms with Gasteiger partial charge in [0.1, 0.15) is 0 Å². The average Bonchev–Trinajstić information content (AvgIpc) is 3.14. The first-order chi connectivity index (χ1) is 13.5. The summed E-state index contributed by atoms with van der Waals surface area (Å²) in [6.45, 7) is 5.68. The van der Waals surface area contributed by atoms with E-state index in [9.17, 15) is 9.59 Å². The molecule has 0 fully saturated rings. The second-order valence-electron chi connectivity index (χ2n) is 6.78. The van der Waals surface area contributed by atoms with E-state index in [0.29, 0.717) is 23.4 Å². The normalized spacial score (nSPS) is 10.7. The van der Waals surface area contributed by atoms with Crippen LogP contribution >= 0.6 is 0 Å². The number of aromatic nitrogens is 2. The molecule has 0 saturated heterocycles. The molecule has 0 aliphatic rings. The highest BCUT2D eigenvalue weighted by atomic mass is 16.2. The van der Waals surface area contributed by atoms with Gasteiger partial charge in [-0.2, -0.15) is 5.10 Å². The van der Waals surface area contributed by atoms with Crippen LogP contribution in [0.15, 0.2) is 60.8 Å². The Hall–Kier alpha value is -3.41. The topological polar surface area (TPSA) is 76.0 Å². The van der Waals surface area contributed by atoms with E-state index < -0.39 is 0 Å². The summed E-state index contributed by atoms with van der Waals surface area (Å²) in [4.78, 5) is 24.5. The van der Waals surface area contributed by atoms with Crippen LogP contribution in [0.1, 0.15) is 36.8 Å². The fourth-order valence-corrected chi connectivity index (χ4v) is 2.82. The predicted octanol–water partition coefficient (Wildman–Crippen LogP) is 4.28. The average molecular weight is 376 g/mol. The number of carbonyl (C=O) groups is 2. The predicted molar refractivity (Wildman–Crippen MR) is 111 cm³/mol. The summed E-state index contributed by atoms with van der Waals surface area (Å²) in [6.07, 6.45) is 2.27. The van der Waals surface area contributed by atoms with Gasteiger partial charge in [-0.05, 0) is 42.8 Å². The molecule has 0 aliphatic heterocycles. The number of nitrogens with zero attached hydrogens (tertiary/aromatic N) is 2. The molecule has 0 unspecified atom stereocenters. The number of nitrogens with one attached hydrogen (secondary N) is 2. The van der Waals surface area contributed by atoms with Gasteiger partial charge >= 0.3 is 0 Å². The summed E-state index contributed by atoms with van der Waals surface area (Å²) >= 11 is 0. The molecular weight excluding hydrogens is 352 g/mol. The van der Waals surface area contributed by atoms with Crippen LogP contribution in [0.3, 0.4) is 0 Å². The molecule has 1 aromatic heterocycles. The van der Waals surface area contributed by atoms with E-state index in [0.717, 1.165) is 11.4 Å². The summed E-state index contributed by atoms with van der Waals surface area (Å²) in [5.74, 6) is -0.344. The van der Waals surface area contributed by atoms with E-state index >= 15 is 0 Å². The molecule has 2 amide bonds. The van der Waals surface area contributed by atoms with Crippen molar-refractivity contribution in [3.05, 3.63) is 72.1 Å². The molecule has 6 heteroatoms. The smallest absolute Gasteiger partial charge is 0.259 e. The molecule has 0 spiro atoms. The third-order valence-corrected chi connectivity index (χ3v) is 4.38. The van der Waals surface area contributed by atoms with E-state index in [1.165, 1.54) is 0 Å². The summed E-state index contributed by atoms with van der Waals surface area (Å²) < 4.78 is 1.79. The van der Waals surface area contributed by atoms with Gasteiger partial charge in [-0.15, -0.1) is 0 Å². The Morgan fingerprint density at radius 3 is 2.14 bits per heavy atom. The van der Waals surface area contributed by atoms with Crippen LogP contribution < -0.4 is 10.6 Å². The van der Waals surface area contributed by atoms with Crippen molar-refractivity contribution >= 4 is 23.2 Å². The van der Waals surface area contributed by atoms with Crippen molar-refractivity contribution in [3.8, 4) is 5.69 Å². The molecule has 3 aromatic rings. The van der Waals surface area contributed by atoms with Crippen molar-refractivity contribution in [2.24, 2.45) is 5.92 Å². The van der Waals surface area contributed by atoms with Crippen LogP contribution in [-0.2, 0) is 11.2 Å². The highest BCUT2D eigenvalue weighted by Gasteiger charge is 2.17. The SMILES string of the molecule is CCc1c(C(=O)Nc2ccc(NC(=O)C(C)C)cc2)cnn1-c1ccccc1. The van der Waals surface area contributed by atoms with Gasteiger partial charge in [-0.1, -0.05) is 39.0 Å². The summed E-state index contributed by atoms with van der Waals surface area (Å²) in [5, 5.41) is 10.1. The van der Waals surface area contributed by atoms with Crippen molar-refractivity contribution in [1.29, 1.82) is 0 Å². The second-order valence-corrected chi connectivity index (χ2v) is 6.78. The van der Waals surface area contributed by atoms with Crippen LogP contribution in [0.5, 0.6) is 0 Å². The fraction of sp³-hybridized carbons (Fsp3) is 0.227. The number of carbonyl (C=O) groups excluding carboxylic acids is 2. The molecule has 0 aliphatic carbocycles. The monoisotopic (exact) mass is 376 g/mol. The van der Waals surface area contributed by atoms with Gasteiger partial charge in [0, 0.05) is 17.3 Å². The highest BCUT2D eigenvalue weighted by molar-refractivity contribution is 6.05. The van der Waals surface area contributed by atoms with Crippen LogP contribution in [0, 0.1) is 5.92 Å². The van der Waals surface area contributed by atoms with Gasteiger partial charge in [0.05, 0.1) is 23.1 Å². The second kappa shape index (κ2) is 8.52. The van der Waals surface area contributed by atoms with Crippen LogP contribution in [0.4, 0.5) is 11.4 Å². The van der Waals surface area contributed by atoms with E-state index in [-0.39, 0.29) is 17.7 Å². The maximum Gasteiger partial charge on any atom is 0.259 e. The Morgan fingerprint density at radius 2 is 1.57 bits per heavy atom. The first-order valence-electron chi connectivity index (χ1n) is 9.34. The van der Waals surface area contributed by atoms with Gasteiger partial charge in [0.2, 0.25) is 5.91 Å². The molecule has 0 radical (unpaired) electrons. The van der Waals surface area contributed by atoms with E-state index in [2.05, 4.69) is 15.7 Å². The Kier molecular flexibility index (Phi) is 5.89. The molecule has 2 N–H and O–H groups in total. The Labute approximate surface area is 164 Å². The van der Waals surface area contributed by atoms with Gasteiger partial charge in [0.15, 0.2) is 0 Å². The highest BCUT2D eigenvalue weighted by Crippen LogP contribution is 2.19. The minimum Gasteiger partial charge on any atom is -0.326 e. The van der Waals surface area contributed by atoms with E-state index in [4.69, 9.17) is 0 Å². The van der Waals surface area contributed by atoms with E-state index in [1.54, 1.807) is 35.1 Å². The minimum absolute atomic E-state index is 0.0438. The Balaban J connectivity index is 1.75. The molecule has 0 bridgehead atoms. The lowest BCUT2D eigenvalue weighted by Crippen LogP contribution is -2.18. The molecule has 6 nitrogen and oxygen atoms in total. The largest absolute Gasteiger partial charge is 0.326 e. The summed E-state index contributed by atoms with van der Waals surface area (Å²) in [5.41, 5.74) is 3.67. The van der Waals surface area contributed by atoms with Crippen molar-refractivity contribution in [2.75, 3.05) is 10.6 Å². The molecule has 144 valence electrons. The molecule has 0 atom stereocenters. The standard InChI is InChI=1S/C22H24N4O2/c1-4-20-19(14-23-26(20)18-8-6-5-7-9-18)22(28)25-17-12-10-16(11-13-17)24-21(27)15(2)3/h5-15H,4H2,1-3H3,(H,24,27)(H,25,28). The maximum atomic E-state index is 12.8. The number of benzene rings is 2. The van der Waals surface area contributed by atoms with Crippen LogP contribution in [-0.4, -0.2) is 21.6 Å². The zero-order chi connectivity index (χ0) is 20.1. The molecule has 1 heterocycles. The first kappa shape index (κ1) is 19.4. The van der Waals surface area contributed by atoms with Crippen molar-refractivity contribution in [1.82, 2.24) is 9.78 Å². The lowest BCUT2D eigenvalue weighted by Gasteiger charge is -2.10. The number of amides is 2. The lowest BCUT2D eigenvalue weighted by molar-refractivity contribution is -0.118. The maximum absolute atomic E-state index is 12.8. The van der Waals surface area contributed by atoms with Gasteiger partial charge in [-0.25, -0.2) is 4.68 Å². The van der Waals surface area contributed by atoms with Crippen LogP contribution in [0.25, 0.3) is 5.69 Å². The van der Waals surface area contributed by atoms with Crippen LogP contribution in [0.2, 0.25) is 0 Å². The minimum atomic E-state index is -0.210. The third kappa shape index (κ3) is 4.28. The van der Waals surface area contributed by atoms with Crippen molar-refractivity contribution < 1.29 is 9.59 Å². The van der Waals surface area contributed by atoms with Crippen molar-refractivity contribution in [2.45, 2.75) is 27.2 Å². The number of rotatable bonds is 6. The van der Waals surface area contributed by atoms with Crippen molar-refractivity contribution in [3.63, 3.8) is 0 Å². The Bertz CT molecular complexity index is 960. The number of hydrogen-bond acceptors (Lipinski definition) is 3. The molecule has 0 saturated carbocycles. The van der Waals surface area contributed by atoms with E-state index in [1.807, 2.05) is 51.1 Å². The third-order valence-electron chi connectivity index (χ3n) is 4.38. The molecular formula is C22H24N4O2. The quantitative estimate of drug-likeness (QED) is 0.674. The Morgan fingerprint density at radius 1 is 0.964 bits per heavy atom. The van der Waals surface area contributed by atoms with Gasteiger partial charge in [0.25, 0.3) is 5.91 Å². The molecule has 2 aromatic carbocycles. The number of para-hydroxylation sites is 1. The summed E-state index contributed by atoms with van der Waals surface area (Å²) in [6, 6.07) is 16.8. The lowest BCUT2D eigenvalue weighted by atomic mass is 10.1. The zero-order valence-electron chi connectivity index (χ0n) is 16.3. The van der Waals surface area contributed by atoms with Gasteiger partial charge in [-0.3, -0.25) is 9.59 Å². The number of anilines is 2. The fourth-order valence-electron chi connectivity index (χ4n) is 2.82. The molecule has 3 rings (SSSR count). The number of hydrogen-bond donors (Lipinski definition) is 2.